The van der Waals surface area contributed by atoms with E-state index in [1.807, 2.05) is 18.2 Å². The van der Waals surface area contributed by atoms with Gasteiger partial charge in [-0.15, -0.1) is 0 Å². The molecule has 1 unspecified atom stereocenters. The number of hydrogen-bond donors (Lipinski definition) is 2. The standard InChI is InChI=1S/C15H21N5O/c1-11(9-20-4-6-21-7-5-20)19-15-13-3-2-12(16)8-14(13)17-10-18-15/h2-3,8,10-11H,4-7,9,16H2,1H3,(H,17,18,19). The monoisotopic (exact) mass is 287 g/mol. The van der Waals surface area contributed by atoms with Crippen LogP contribution in [0.5, 0.6) is 0 Å². The molecule has 1 saturated heterocycles. The molecule has 2 heterocycles. The number of aromatic nitrogens is 2. The van der Waals surface area contributed by atoms with E-state index in [0.29, 0.717) is 11.7 Å². The molecule has 0 amide bonds. The average molecular weight is 287 g/mol. The molecular formula is C15H21N5O. The van der Waals surface area contributed by atoms with Crippen molar-refractivity contribution in [3.63, 3.8) is 0 Å². The van der Waals surface area contributed by atoms with E-state index in [9.17, 15) is 0 Å². The van der Waals surface area contributed by atoms with Crippen molar-refractivity contribution in [3.05, 3.63) is 24.5 Å². The van der Waals surface area contributed by atoms with Crippen LogP contribution in [-0.2, 0) is 4.74 Å². The SMILES string of the molecule is CC(CN1CCOCC1)Nc1ncnc2cc(N)ccc12. The Morgan fingerprint density at radius 3 is 2.95 bits per heavy atom. The van der Waals surface area contributed by atoms with E-state index in [4.69, 9.17) is 10.5 Å². The maximum Gasteiger partial charge on any atom is 0.137 e. The third-order valence-corrected chi connectivity index (χ3v) is 3.68. The van der Waals surface area contributed by atoms with Crippen LogP contribution in [0.15, 0.2) is 24.5 Å². The van der Waals surface area contributed by atoms with Gasteiger partial charge in [-0.1, -0.05) is 0 Å². The number of morpholine rings is 1. The lowest BCUT2D eigenvalue weighted by atomic mass is 10.2. The van der Waals surface area contributed by atoms with Gasteiger partial charge in [0.15, 0.2) is 0 Å². The van der Waals surface area contributed by atoms with Crippen molar-refractivity contribution in [3.8, 4) is 0 Å². The first-order valence-corrected chi connectivity index (χ1v) is 7.29. The van der Waals surface area contributed by atoms with Crippen molar-refractivity contribution in [2.45, 2.75) is 13.0 Å². The molecule has 21 heavy (non-hydrogen) atoms. The van der Waals surface area contributed by atoms with E-state index in [2.05, 4.69) is 27.1 Å². The molecule has 6 nitrogen and oxygen atoms in total. The molecule has 2 aromatic rings. The Labute approximate surface area is 124 Å². The fraction of sp³-hybridized carbons (Fsp3) is 0.467. The number of nitrogens with zero attached hydrogens (tertiary/aromatic N) is 3. The Morgan fingerprint density at radius 2 is 2.14 bits per heavy atom. The summed E-state index contributed by atoms with van der Waals surface area (Å²) in [6.07, 6.45) is 1.57. The second kappa shape index (κ2) is 6.24. The number of anilines is 2. The number of nitrogens with one attached hydrogen (secondary N) is 1. The van der Waals surface area contributed by atoms with Crippen molar-refractivity contribution in [2.75, 3.05) is 43.9 Å². The van der Waals surface area contributed by atoms with Gasteiger partial charge in [-0.2, -0.15) is 0 Å². The van der Waals surface area contributed by atoms with Crippen LogP contribution in [0.25, 0.3) is 10.9 Å². The van der Waals surface area contributed by atoms with E-state index in [-0.39, 0.29) is 0 Å². The molecule has 1 aliphatic heterocycles. The zero-order chi connectivity index (χ0) is 14.7. The molecule has 0 radical (unpaired) electrons. The van der Waals surface area contributed by atoms with E-state index >= 15 is 0 Å². The lowest BCUT2D eigenvalue weighted by Gasteiger charge is -2.29. The van der Waals surface area contributed by atoms with Crippen LogP contribution in [0.4, 0.5) is 11.5 Å². The Morgan fingerprint density at radius 1 is 1.33 bits per heavy atom. The molecule has 0 saturated carbocycles. The predicted octanol–water partition coefficient (Wildman–Crippen LogP) is 1.34. The number of nitrogen functional groups attached to an aromatic ring is 1. The number of rotatable bonds is 4. The van der Waals surface area contributed by atoms with Crippen LogP contribution >= 0.6 is 0 Å². The normalized spacial score (nSPS) is 17.8. The summed E-state index contributed by atoms with van der Waals surface area (Å²) in [4.78, 5) is 11.0. The van der Waals surface area contributed by atoms with Crippen LogP contribution in [0.3, 0.4) is 0 Å². The van der Waals surface area contributed by atoms with Crippen molar-refractivity contribution >= 4 is 22.4 Å². The fourth-order valence-corrected chi connectivity index (χ4v) is 2.64. The lowest BCUT2D eigenvalue weighted by molar-refractivity contribution is 0.0368. The first kappa shape index (κ1) is 14.0. The summed E-state index contributed by atoms with van der Waals surface area (Å²) in [5.41, 5.74) is 7.38. The van der Waals surface area contributed by atoms with Gasteiger partial charge in [0.05, 0.1) is 18.7 Å². The van der Waals surface area contributed by atoms with E-state index < -0.39 is 0 Å². The number of benzene rings is 1. The van der Waals surface area contributed by atoms with Crippen LogP contribution in [0.1, 0.15) is 6.92 Å². The van der Waals surface area contributed by atoms with E-state index in [1.54, 1.807) is 6.33 Å². The van der Waals surface area contributed by atoms with Crippen molar-refractivity contribution < 1.29 is 4.74 Å². The Balaban J connectivity index is 1.71. The summed E-state index contributed by atoms with van der Waals surface area (Å²) in [6.45, 7) is 6.77. The summed E-state index contributed by atoms with van der Waals surface area (Å²) in [7, 11) is 0. The number of nitrogens with two attached hydrogens (primary N) is 1. The molecule has 1 fully saturated rings. The third kappa shape index (κ3) is 3.40. The van der Waals surface area contributed by atoms with Crippen LogP contribution in [-0.4, -0.2) is 53.8 Å². The lowest BCUT2D eigenvalue weighted by Crippen LogP contribution is -2.42. The molecule has 0 bridgehead atoms. The Bertz CT molecular complexity index is 612. The van der Waals surface area contributed by atoms with Gasteiger partial charge in [0, 0.05) is 36.7 Å². The van der Waals surface area contributed by atoms with Crippen LogP contribution in [0.2, 0.25) is 0 Å². The van der Waals surface area contributed by atoms with Gasteiger partial charge in [-0.25, -0.2) is 9.97 Å². The van der Waals surface area contributed by atoms with E-state index in [0.717, 1.165) is 49.6 Å². The highest BCUT2D eigenvalue weighted by Crippen LogP contribution is 2.21. The smallest absolute Gasteiger partial charge is 0.137 e. The number of fused-ring (bicyclic) bond motifs is 1. The number of hydrogen-bond acceptors (Lipinski definition) is 6. The first-order chi connectivity index (χ1) is 10.2. The molecule has 1 aromatic carbocycles. The van der Waals surface area contributed by atoms with Crippen LogP contribution < -0.4 is 11.1 Å². The fourth-order valence-electron chi connectivity index (χ4n) is 2.64. The maximum absolute atomic E-state index is 5.80. The van der Waals surface area contributed by atoms with Crippen molar-refractivity contribution in [2.24, 2.45) is 0 Å². The zero-order valence-corrected chi connectivity index (χ0v) is 12.2. The minimum absolute atomic E-state index is 0.304. The molecule has 1 aliphatic rings. The summed E-state index contributed by atoms with van der Waals surface area (Å²) >= 11 is 0. The second-order valence-electron chi connectivity index (χ2n) is 5.46. The molecule has 3 N–H and O–H groups in total. The van der Waals surface area contributed by atoms with Gasteiger partial charge in [0.25, 0.3) is 0 Å². The molecule has 3 rings (SSSR count). The predicted molar refractivity (Wildman–Crippen MR) is 84.3 cm³/mol. The highest BCUT2D eigenvalue weighted by atomic mass is 16.5. The highest BCUT2D eigenvalue weighted by Gasteiger charge is 2.14. The molecule has 112 valence electrons. The van der Waals surface area contributed by atoms with Gasteiger partial charge in [0.1, 0.15) is 12.1 Å². The third-order valence-electron chi connectivity index (χ3n) is 3.68. The Hall–Kier alpha value is -1.92. The molecule has 0 aliphatic carbocycles. The van der Waals surface area contributed by atoms with Gasteiger partial charge < -0.3 is 15.8 Å². The summed E-state index contributed by atoms with van der Waals surface area (Å²) in [5.74, 6) is 0.862. The molecular weight excluding hydrogens is 266 g/mol. The second-order valence-corrected chi connectivity index (χ2v) is 5.46. The molecule has 1 aromatic heterocycles. The van der Waals surface area contributed by atoms with Crippen molar-refractivity contribution in [1.82, 2.24) is 14.9 Å². The average Bonchev–Trinajstić information content (AvgIpc) is 2.48. The highest BCUT2D eigenvalue weighted by molar-refractivity contribution is 5.90. The topological polar surface area (TPSA) is 76.3 Å². The summed E-state index contributed by atoms with van der Waals surface area (Å²) in [6, 6.07) is 6.02. The maximum atomic E-state index is 5.80. The van der Waals surface area contributed by atoms with Crippen LogP contribution in [0, 0.1) is 0 Å². The minimum Gasteiger partial charge on any atom is -0.399 e. The molecule has 6 heteroatoms. The largest absolute Gasteiger partial charge is 0.399 e. The van der Waals surface area contributed by atoms with Crippen molar-refractivity contribution in [1.29, 1.82) is 0 Å². The molecule has 0 spiro atoms. The van der Waals surface area contributed by atoms with E-state index in [1.165, 1.54) is 0 Å². The summed E-state index contributed by atoms with van der Waals surface area (Å²) < 4.78 is 5.37. The zero-order valence-electron chi connectivity index (χ0n) is 12.2. The van der Waals surface area contributed by atoms with Gasteiger partial charge in [-0.3, -0.25) is 4.90 Å². The van der Waals surface area contributed by atoms with Gasteiger partial charge >= 0.3 is 0 Å². The minimum atomic E-state index is 0.304. The van der Waals surface area contributed by atoms with Gasteiger partial charge in [0.2, 0.25) is 0 Å². The van der Waals surface area contributed by atoms with Gasteiger partial charge in [-0.05, 0) is 25.1 Å². The molecule has 1 atom stereocenters. The Kier molecular flexibility index (Phi) is 4.17. The quantitative estimate of drug-likeness (QED) is 0.827. The summed E-state index contributed by atoms with van der Waals surface area (Å²) in [5, 5.41) is 4.48. The number of ether oxygens (including phenoxy) is 1. The first-order valence-electron chi connectivity index (χ1n) is 7.29.